The van der Waals surface area contributed by atoms with Crippen molar-refractivity contribution < 1.29 is 4.79 Å². The van der Waals surface area contributed by atoms with Gasteiger partial charge in [-0.15, -0.1) is 4.91 Å². The first-order chi connectivity index (χ1) is 7.42. The number of nitroso groups, excluding NO2 is 1. The van der Waals surface area contributed by atoms with Crippen LogP contribution >= 0.6 is 0 Å². The molecule has 86 valence electrons. The van der Waals surface area contributed by atoms with Gasteiger partial charge in [0.25, 0.3) is 0 Å². The number of nitrogens with one attached hydrogen (secondary N) is 1. The molecule has 4 nitrogen and oxygen atoms in total. The first-order valence-electron chi connectivity index (χ1n) is 5.10. The minimum atomic E-state index is -0.610. The van der Waals surface area contributed by atoms with Gasteiger partial charge in [0.1, 0.15) is 5.69 Å². The Kier molecular flexibility index (Phi) is 3.55. The van der Waals surface area contributed by atoms with Crippen LogP contribution in [0.4, 0.5) is 5.69 Å². The summed E-state index contributed by atoms with van der Waals surface area (Å²) in [6, 6.07) is 4.82. The van der Waals surface area contributed by atoms with E-state index in [1.807, 2.05) is 13.8 Å². The molecule has 16 heavy (non-hydrogen) atoms. The van der Waals surface area contributed by atoms with E-state index in [4.69, 9.17) is 0 Å². The number of ketones is 1. The fourth-order valence-electron chi connectivity index (χ4n) is 1.41. The predicted octanol–water partition coefficient (Wildman–Crippen LogP) is 2.57. The number of likely N-dealkylation sites (N-methyl/N-ethyl adjacent to an activating group) is 1. The molecule has 0 saturated heterocycles. The molecule has 4 heteroatoms. The smallest absolute Gasteiger partial charge is 0.182 e. The van der Waals surface area contributed by atoms with E-state index in [1.165, 1.54) is 0 Å². The Morgan fingerprint density at radius 1 is 1.38 bits per heavy atom. The summed E-state index contributed by atoms with van der Waals surface area (Å²) in [6.45, 7) is 5.44. The highest BCUT2D eigenvalue weighted by Gasteiger charge is 2.27. The molecule has 0 unspecified atom stereocenters. The van der Waals surface area contributed by atoms with Crippen molar-refractivity contribution in [2.75, 3.05) is 7.05 Å². The third kappa shape index (κ3) is 2.33. The van der Waals surface area contributed by atoms with Gasteiger partial charge in [-0.2, -0.15) is 0 Å². The van der Waals surface area contributed by atoms with Gasteiger partial charge in [-0.3, -0.25) is 4.79 Å². The quantitative estimate of drug-likeness (QED) is 0.626. The Hall–Kier alpha value is -1.55. The summed E-state index contributed by atoms with van der Waals surface area (Å²) in [5.41, 5.74) is 1.12. The largest absolute Gasteiger partial charge is 0.308 e. The molecule has 1 aromatic carbocycles. The third-order valence-corrected chi connectivity index (χ3v) is 2.75. The van der Waals surface area contributed by atoms with Crippen molar-refractivity contribution in [3.8, 4) is 0 Å². The lowest BCUT2D eigenvalue weighted by Crippen LogP contribution is -2.44. The predicted molar refractivity (Wildman–Crippen MR) is 64.1 cm³/mol. The molecule has 0 heterocycles. The summed E-state index contributed by atoms with van der Waals surface area (Å²) in [5, 5.41) is 5.80. The molecule has 0 atom stereocenters. The van der Waals surface area contributed by atoms with E-state index in [0.29, 0.717) is 11.3 Å². The van der Waals surface area contributed by atoms with Crippen LogP contribution in [0.1, 0.15) is 29.8 Å². The average Bonchev–Trinajstić information content (AvgIpc) is 2.28. The van der Waals surface area contributed by atoms with Crippen molar-refractivity contribution >= 4 is 11.5 Å². The average molecular weight is 220 g/mol. The maximum Gasteiger partial charge on any atom is 0.182 e. The van der Waals surface area contributed by atoms with Gasteiger partial charge in [-0.05, 0) is 56.8 Å². The van der Waals surface area contributed by atoms with Crippen LogP contribution in [0.3, 0.4) is 0 Å². The number of nitrogens with zero attached hydrogens (tertiary/aromatic N) is 1. The molecule has 0 spiro atoms. The Morgan fingerprint density at radius 3 is 2.44 bits per heavy atom. The minimum absolute atomic E-state index is 0.00458. The molecule has 1 rings (SSSR count). The van der Waals surface area contributed by atoms with Crippen LogP contribution < -0.4 is 5.32 Å². The maximum absolute atomic E-state index is 12.1. The van der Waals surface area contributed by atoms with E-state index < -0.39 is 5.54 Å². The molecular formula is C12H16N2O2. The van der Waals surface area contributed by atoms with Gasteiger partial charge in [-0.1, -0.05) is 0 Å². The van der Waals surface area contributed by atoms with Crippen LogP contribution in [0.15, 0.2) is 23.4 Å². The molecular weight excluding hydrogens is 204 g/mol. The van der Waals surface area contributed by atoms with Gasteiger partial charge in [0, 0.05) is 5.56 Å². The molecule has 0 fully saturated rings. The molecule has 0 radical (unpaired) electrons. The zero-order chi connectivity index (χ0) is 12.3. The van der Waals surface area contributed by atoms with Crippen LogP contribution in [0.5, 0.6) is 0 Å². The van der Waals surface area contributed by atoms with Crippen molar-refractivity contribution in [1.82, 2.24) is 5.32 Å². The Balaban J connectivity index is 3.15. The normalized spacial score (nSPS) is 11.2. The van der Waals surface area contributed by atoms with Crippen molar-refractivity contribution in [1.29, 1.82) is 0 Å². The van der Waals surface area contributed by atoms with Crippen molar-refractivity contribution in [3.05, 3.63) is 34.2 Å². The number of benzene rings is 1. The molecule has 0 aliphatic heterocycles. The Morgan fingerprint density at radius 2 is 2.00 bits per heavy atom. The third-order valence-electron chi connectivity index (χ3n) is 2.75. The second-order valence-electron chi connectivity index (χ2n) is 4.29. The highest BCUT2D eigenvalue weighted by molar-refractivity contribution is 6.04. The number of hydrogen-bond donors (Lipinski definition) is 1. The molecule has 1 N–H and O–H groups in total. The number of rotatable bonds is 4. The van der Waals surface area contributed by atoms with E-state index in [1.54, 1.807) is 32.2 Å². The van der Waals surface area contributed by atoms with Gasteiger partial charge < -0.3 is 5.32 Å². The molecule has 0 aliphatic rings. The van der Waals surface area contributed by atoms with E-state index >= 15 is 0 Å². The summed E-state index contributed by atoms with van der Waals surface area (Å²) in [5.74, 6) is 0.00458. The van der Waals surface area contributed by atoms with Crippen LogP contribution in [-0.4, -0.2) is 18.4 Å². The van der Waals surface area contributed by atoms with Crippen LogP contribution in [0.25, 0.3) is 0 Å². The molecule has 0 aliphatic carbocycles. The number of carbonyl (C=O) groups is 1. The second-order valence-corrected chi connectivity index (χ2v) is 4.29. The highest BCUT2D eigenvalue weighted by Crippen LogP contribution is 2.21. The minimum Gasteiger partial charge on any atom is -0.308 e. The van der Waals surface area contributed by atoms with Crippen molar-refractivity contribution in [2.45, 2.75) is 26.3 Å². The number of carbonyl (C=O) groups excluding carboxylic acids is 1. The van der Waals surface area contributed by atoms with Gasteiger partial charge >= 0.3 is 0 Å². The first kappa shape index (κ1) is 12.5. The molecule has 1 aromatic rings. The van der Waals surface area contributed by atoms with Gasteiger partial charge in [0.05, 0.1) is 5.54 Å². The number of hydrogen-bond acceptors (Lipinski definition) is 4. The Bertz CT molecular complexity index is 425. The van der Waals surface area contributed by atoms with Crippen LogP contribution in [-0.2, 0) is 0 Å². The molecule has 0 saturated carbocycles. The summed E-state index contributed by atoms with van der Waals surface area (Å²) < 4.78 is 0. The lowest BCUT2D eigenvalue weighted by molar-refractivity contribution is 0.0889. The molecule has 0 bridgehead atoms. The summed E-state index contributed by atoms with van der Waals surface area (Å²) in [7, 11) is 1.74. The van der Waals surface area contributed by atoms with Crippen molar-refractivity contribution in [2.24, 2.45) is 5.18 Å². The summed E-state index contributed by atoms with van der Waals surface area (Å²) in [6.07, 6.45) is 0. The Labute approximate surface area is 95.0 Å². The lowest BCUT2D eigenvalue weighted by Gasteiger charge is -2.23. The fourth-order valence-corrected chi connectivity index (χ4v) is 1.41. The van der Waals surface area contributed by atoms with Gasteiger partial charge in [0.2, 0.25) is 0 Å². The fraction of sp³-hybridized carbons (Fsp3) is 0.417. The summed E-state index contributed by atoms with van der Waals surface area (Å²) >= 11 is 0. The van der Waals surface area contributed by atoms with E-state index in [2.05, 4.69) is 10.5 Å². The number of Topliss-reactive ketones (excluding diaryl/α,β-unsaturated/α-hetero) is 1. The molecule has 0 aromatic heterocycles. The van der Waals surface area contributed by atoms with Gasteiger partial charge in [-0.25, -0.2) is 0 Å². The lowest BCUT2D eigenvalue weighted by atomic mass is 9.91. The highest BCUT2D eigenvalue weighted by atomic mass is 16.3. The van der Waals surface area contributed by atoms with E-state index in [-0.39, 0.29) is 5.78 Å². The first-order valence-corrected chi connectivity index (χ1v) is 5.10. The molecule has 0 amide bonds. The maximum atomic E-state index is 12.1. The van der Waals surface area contributed by atoms with E-state index in [9.17, 15) is 9.70 Å². The van der Waals surface area contributed by atoms with Crippen molar-refractivity contribution in [3.63, 3.8) is 0 Å². The van der Waals surface area contributed by atoms with Crippen LogP contribution in [0, 0.1) is 11.8 Å². The second kappa shape index (κ2) is 4.53. The van der Waals surface area contributed by atoms with E-state index in [0.717, 1.165) is 5.56 Å². The van der Waals surface area contributed by atoms with Crippen LogP contribution in [0.2, 0.25) is 0 Å². The standard InChI is InChI=1S/C12H16N2O2/c1-8-7-9(14-16)5-6-10(8)11(15)12(2,3)13-4/h5-7,13H,1-4H3. The monoisotopic (exact) mass is 220 g/mol. The summed E-state index contributed by atoms with van der Waals surface area (Å²) in [4.78, 5) is 22.5. The number of aryl methyl sites for hydroxylation is 1. The zero-order valence-corrected chi connectivity index (χ0v) is 10.00. The zero-order valence-electron chi connectivity index (χ0n) is 10.00. The SMILES string of the molecule is CNC(C)(C)C(=O)c1ccc(N=O)cc1C. The topological polar surface area (TPSA) is 58.5 Å². The van der Waals surface area contributed by atoms with Gasteiger partial charge in [0.15, 0.2) is 5.78 Å².